The number of hydrogen-bond acceptors (Lipinski definition) is 3. The predicted molar refractivity (Wildman–Crippen MR) is 150 cm³/mol. The second-order valence-electron chi connectivity index (χ2n) is 11.7. The van der Waals surface area contributed by atoms with E-state index in [-0.39, 0.29) is 18.2 Å². The lowest BCUT2D eigenvalue weighted by Gasteiger charge is -2.59. The lowest BCUT2D eigenvalue weighted by Crippen LogP contribution is -2.58. The van der Waals surface area contributed by atoms with Gasteiger partial charge in [0.25, 0.3) is 0 Å². The van der Waals surface area contributed by atoms with Gasteiger partial charge in [0.1, 0.15) is 11.4 Å². The molecule has 0 atom stereocenters. The molecule has 3 aromatic carbocycles. The molecule has 3 aromatic rings. The van der Waals surface area contributed by atoms with Gasteiger partial charge in [-0.3, -0.25) is 0 Å². The second-order valence-corrected chi connectivity index (χ2v) is 13.9. The zero-order valence-electron chi connectivity index (χ0n) is 22.2. The van der Waals surface area contributed by atoms with Crippen molar-refractivity contribution in [3.8, 4) is 5.75 Å². The van der Waals surface area contributed by atoms with Gasteiger partial charge in [-0.15, -0.1) is 0 Å². The first-order valence-corrected chi connectivity index (χ1v) is 15.1. The molecule has 0 aliphatic heterocycles. The summed E-state index contributed by atoms with van der Waals surface area (Å²) in [5.41, 5.74) is 1.80. The lowest BCUT2D eigenvalue weighted by atomic mass is 9.50. The predicted octanol–water partition coefficient (Wildman–Crippen LogP) is 7.92. The molecule has 0 saturated heterocycles. The van der Waals surface area contributed by atoms with Crippen LogP contribution in [0.4, 0.5) is 0 Å². The smallest absolute Gasteiger partial charge is 0.344 e. The van der Waals surface area contributed by atoms with E-state index in [0.29, 0.717) is 11.8 Å². The zero-order valence-corrected chi connectivity index (χ0v) is 23.0. The van der Waals surface area contributed by atoms with Crippen molar-refractivity contribution in [2.24, 2.45) is 23.7 Å². The van der Waals surface area contributed by atoms with Gasteiger partial charge in [0.2, 0.25) is 0 Å². The van der Waals surface area contributed by atoms with E-state index in [2.05, 4.69) is 93.6 Å². The van der Waals surface area contributed by atoms with Crippen LogP contribution in [-0.2, 0) is 9.53 Å². The van der Waals surface area contributed by atoms with E-state index in [1.54, 1.807) is 0 Å². The van der Waals surface area contributed by atoms with Crippen molar-refractivity contribution in [2.75, 3.05) is 6.61 Å². The Morgan fingerprint density at radius 1 is 0.784 bits per heavy atom. The molecule has 4 heteroatoms. The number of thiol groups is 1. The molecule has 0 unspecified atom stereocenters. The summed E-state index contributed by atoms with van der Waals surface area (Å²) in [7, 11) is -0.684. The van der Waals surface area contributed by atoms with Crippen LogP contribution in [-0.4, -0.2) is 18.2 Å². The van der Waals surface area contributed by atoms with Crippen LogP contribution in [0.15, 0.2) is 87.5 Å². The van der Waals surface area contributed by atoms with Gasteiger partial charge in [-0.25, -0.2) is 4.79 Å². The molecule has 0 aromatic heterocycles. The number of benzene rings is 3. The van der Waals surface area contributed by atoms with Gasteiger partial charge in [-0.2, -0.15) is 10.9 Å². The Morgan fingerprint density at radius 2 is 1.27 bits per heavy atom. The molecule has 0 heterocycles. The fraction of sp³-hybridized carbons (Fsp3) is 0.424. The number of ether oxygens (including phenoxy) is 2. The second kappa shape index (κ2) is 9.87. The summed E-state index contributed by atoms with van der Waals surface area (Å²) in [6, 6.07) is 25.9. The first-order valence-electron chi connectivity index (χ1n) is 13.8. The van der Waals surface area contributed by atoms with Crippen molar-refractivity contribution in [3.05, 3.63) is 83.9 Å². The number of carbonyl (C=O) groups is 1. The van der Waals surface area contributed by atoms with Gasteiger partial charge in [0.05, 0.1) is 0 Å². The molecule has 37 heavy (non-hydrogen) atoms. The molecule has 4 fully saturated rings. The first kappa shape index (κ1) is 24.6. The summed E-state index contributed by atoms with van der Waals surface area (Å²) in [6.45, 7) is 6.33. The molecular formula is C33H38O3S. The SMILES string of the molecule is Cc1cc([SH](c2ccccc2)c2ccccc2)cc(C)c1OCC(=O)OC1(C)C2CC3CC(C2)CC1C3. The van der Waals surface area contributed by atoms with Crippen LogP contribution in [0.1, 0.15) is 50.2 Å². The average Bonchev–Trinajstić information content (AvgIpc) is 2.88. The third-order valence-corrected chi connectivity index (χ3v) is 11.6. The first-order chi connectivity index (χ1) is 17.9. The average molecular weight is 515 g/mol. The molecular weight excluding hydrogens is 476 g/mol. The van der Waals surface area contributed by atoms with E-state index < -0.39 is 10.9 Å². The summed E-state index contributed by atoms with van der Waals surface area (Å²) in [4.78, 5) is 17.0. The molecule has 7 rings (SSSR count). The standard InChI is InChI=1S/C33H38O3S/c1-22-14-30(37(28-10-6-4-7-11-28)29-12-8-5-9-13-29)15-23(2)32(22)35-21-31(34)36-33(3)26-17-24-16-25(19-26)20-27(33)18-24/h4-15,24-27,37H,16-21H2,1-3H3. The highest BCUT2D eigenvalue weighted by molar-refractivity contribution is 8.17. The zero-order chi connectivity index (χ0) is 25.6. The minimum atomic E-state index is -0.684. The normalized spacial score (nSPS) is 28.1. The Labute approximate surface area is 223 Å². The fourth-order valence-electron chi connectivity index (χ4n) is 7.58. The van der Waals surface area contributed by atoms with E-state index in [1.807, 2.05) is 0 Å². The summed E-state index contributed by atoms with van der Waals surface area (Å²) >= 11 is 0. The van der Waals surface area contributed by atoms with Crippen molar-refractivity contribution in [2.45, 2.75) is 73.2 Å². The molecule has 4 saturated carbocycles. The third-order valence-electron chi connectivity index (χ3n) is 9.16. The van der Waals surface area contributed by atoms with Gasteiger partial charge in [-0.1, -0.05) is 36.4 Å². The summed E-state index contributed by atoms with van der Waals surface area (Å²) in [5.74, 6) is 3.32. The van der Waals surface area contributed by atoms with Crippen LogP contribution in [0.5, 0.6) is 5.75 Å². The van der Waals surface area contributed by atoms with E-state index in [1.165, 1.54) is 46.8 Å². The van der Waals surface area contributed by atoms with Gasteiger partial charge in [-0.05, 0) is 139 Å². The van der Waals surface area contributed by atoms with Crippen molar-refractivity contribution in [3.63, 3.8) is 0 Å². The van der Waals surface area contributed by atoms with Crippen molar-refractivity contribution >= 4 is 16.9 Å². The largest absolute Gasteiger partial charge is 0.481 e. The highest BCUT2D eigenvalue weighted by Gasteiger charge is 2.57. The maximum Gasteiger partial charge on any atom is 0.344 e. The van der Waals surface area contributed by atoms with Crippen LogP contribution in [0.2, 0.25) is 0 Å². The van der Waals surface area contributed by atoms with Crippen molar-refractivity contribution in [1.29, 1.82) is 0 Å². The number of rotatable bonds is 7. The van der Waals surface area contributed by atoms with Crippen molar-refractivity contribution < 1.29 is 14.3 Å². The van der Waals surface area contributed by atoms with Gasteiger partial charge in [0, 0.05) is 0 Å². The molecule has 0 N–H and O–H groups in total. The van der Waals surface area contributed by atoms with Crippen LogP contribution >= 0.6 is 10.9 Å². The van der Waals surface area contributed by atoms with E-state index in [4.69, 9.17) is 9.47 Å². The molecule has 0 spiro atoms. The molecule has 4 aliphatic carbocycles. The number of hydrogen-bond donors (Lipinski definition) is 1. The maximum absolute atomic E-state index is 13.0. The summed E-state index contributed by atoms with van der Waals surface area (Å²) in [6.07, 6.45) is 6.30. The summed E-state index contributed by atoms with van der Waals surface area (Å²) < 4.78 is 12.4. The molecule has 3 nitrogen and oxygen atoms in total. The quantitative estimate of drug-likeness (QED) is 0.257. The minimum Gasteiger partial charge on any atom is -0.481 e. The third kappa shape index (κ3) is 4.69. The fourth-order valence-corrected chi connectivity index (χ4v) is 10.1. The highest BCUT2D eigenvalue weighted by Crippen LogP contribution is 2.59. The number of esters is 1. The Morgan fingerprint density at radius 3 is 1.76 bits per heavy atom. The Hall–Kier alpha value is -2.72. The Bertz CT molecular complexity index is 1180. The van der Waals surface area contributed by atoms with Crippen molar-refractivity contribution in [1.82, 2.24) is 0 Å². The number of aryl methyl sites for hydroxylation is 2. The monoisotopic (exact) mass is 514 g/mol. The van der Waals surface area contributed by atoms with E-state index in [9.17, 15) is 4.79 Å². The Balaban J connectivity index is 1.19. The van der Waals surface area contributed by atoms with Crippen LogP contribution < -0.4 is 4.74 Å². The van der Waals surface area contributed by atoms with Gasteiger partial charge >= 0.3 is 5.97 Å². The molecule has 0 amide bonds. The van der Waals surface area contributed by atoms with Crippen LogP contribution in [0, 0.1) is 37.5 Å². The summed E-state index contributed by atoms with van der Waals surface area (Å²) in [5, 5.41) is 0. The van der Waals surface area contributed by atoms with Crippen LogP contribution in [0.3, 0.4) is 0 Å². The topological polar surface area (TPSA) is 35.5 Å². The minimum absolute atomic E-state index is 0.0327. The number of carbonyl (C=O) groups excluding carboxylic acids is 1. The molecule has 4 aliphatic rings. The Kier molecular flexibility index (Phi) is 6.56. The van der Waals surface area contributed by atoms with E-state index >= 15 is 0 Å². The van der Waals surface area contributed by atoms with Gasteiger partial charge in [0.15, 0.2) is 6.61 Å². The molecule has 0 radical (unpaired) electrons. The highest BCUT2D eigenvalue weighted by atomic mass is 32.2. The van der Waals surface area contributed by atoms with Gasteiger partial charge < -0.3 is 9.47 Å². The maximum atomic E-state index is 13.0. The van der Waals surface area contributed by atoms with E-state index in [0.717, 1.165) is 28.7 Å². The lowest BCUT2D eigenvalue weighted by molar-refractivity contribution is -0.204. The van der Waals surface area contributed by atoms with Crippen LogP contribution in [0.25, 0.3) is 0 Å². The molecule has 194 valence electrons. The molecule has 4 bridgehead atoms.